The van der Waals surface area contributed by atoms with Gasteiger partial charge in [0, 0.05) is 6.07 Å². The Labute approximate surface area is 96.5 Å². The molecule has 2 aromatic heterocycles. The number of halogens is 2. The molecule has 3 N–H and O–H groups in total. The van der Waals surface area contributed by atoms with Crippen molar-refractivity contribution in [1.29, 1.82) is 0 Å². The average Bonchev–Trinajstić information content (AvgIpc) is 2.68. The van der Waals surface area contributed by atoms with Gasteiger partial charge in [-0.1, -0.05) is 0 Å². The van der Waals surface area contributed by atoms with Crippen LogP contribution in [0.5, 0.6) is 0 Å². The molecule has 2 heterocycles. The smallest absolute Gasteiger partial charge is 0.168 e. The first-order valence-corrected chi connectivity index (χ1v) is 4.97. The van der Waals surface area contributed by atoms with Gasteiger partial charge in [0.2, 0.25) is 0 Å². The number of aryl methyl sites for hydroxylation is 1. The zero-order valence-corrected chi connectivity index (χ0v) is 9.13. The molecule has 0 radical (unpaired) electrons. The van der Waals surface area contributed by atoms with Crippen molar-refractivity contribution in [1.82, 2.24) is 4.98 Å². The van der Waals surface area contributed by atoms with E-state index in [2.05, 4.69) is 10.3 Å². The van der Waals surface area contributed by atoms with Crippen LogP contribution >= 0.6 is 0 Å². The van der Waals surface area contributed by atoms with E-state index in [9.17, 15) is 8.78 Å². The highest BCUT2D eigenvalue weighted by atomic mass is 19.1. The van der Waals surface area contributed by atoms with E-state index >= 15 is 0 Å². The van der Waals surface area contributed by atoms with Crippen molar-refractivity contribution in [3.63, 3.8) is 0 Å². The Morgan fingerprint density at radius 3 is 2.76 bits per heavy atom. The van der Waals surface area contributed by atoms with Crippen LogP contribution in [0.15, 0.2) is 22.6 Å². The lowest BCUT2D eigenvalue weighted by Crippen LogP contribution is -2.06. The minimum absolute atomic E-state index is 0.0991. The third-order valence-corrected chi connectivity index (χ3v) is 2.18. The van der Waals surface area contributed by atoms with E-state index in [1.165, 1.54) is 0 Å². The number of nitrogens with zero attached hydrogens (tertiary/aromatic N) is 1. The molecule has 2 aromatic rings. The zero-order chi connectivity index (χ0) is 12.4. The largest absolute Gasteiger partial charge is 0.465 e. The summed E-state index contributed by atoms with van der Waals surface area (Å²) in [5, 5.41) is 2.68. The molecule has 0 aliphatic rings. The highest BCUT2D eigenvalue weighted by Crippen LogP contribution is 2.17. The van der Waals surface area contributed by atoms with Crippen LogP contribution in [0, 0.1) is 18.6 Å². The van der Waals surface area contributed by atoms with Gasteiger partial charge in [-0.15, -0.1) is 0 Å². The first-order chi connectivity index (χ1) is 8.06. The molecule has 0 atom stereocenters. The van der Waals surface area contributed by atoms with E-state index in [1.54, 1.807) is 19.1 Å². The third kappa shape index (κ3) is 2.52. The number of aromatic nitrogens is 1. The van der Waals surface area contributed by atoms with Gasteiger partial charge in [0.25, 0.3) is 0 Å². The number of anilines is 2. The first-order valence-electron chi connectivity index (χ1n) is 4.97. The van der Waals surface area contributed by atoms with E-state index < -0.39 is 11.6 Å². The summed E-state index contributed by atoms with van der Waals surface area (Å²) < 4.78 is 31.4. The Bertz CT molecular complexity index is 540. The molecule has 0 fully saturated rings. The van der Waals surface area contributed by atoms with Gasteiger partial charge in [-0.25, -0.2) is 13.8 Å². The number of hydrogen-bond acceptors (Lipinski definition) is 4. The highest BCUT2D eigenvalue weighted by molar-refractivity contribution is 5.44. The summed E-state index contributed by atoms with van der Waals surface area (Å²) in [6, 6.07) is 4.24. The van der Waals surface area contributed by atoms with Crippen LogP contribution in [0.3, 0.4) is 0 Å². The maximum absolute atomic E-state index is 13.3. The molecule has 0 amide bonds. The minimum Gasteiger partial charge on any atom is -0.465 e. The highest BCUT2D eigenvalue weighted by Gasteiger charge is 2.09. The second-order valence-corrected chi connectivity index (χ2v) is 3.55. The zero-order valence-electron chi connectivity index (χ0n) is 9.13. The molecule has 0 saturated carbocycles. The van der Waals surface area contributed by atoms with Gasteiger partial charge in [-0.05, 0) is 19.1 Å². The van der Waals surface area contributed by atoms with E-state index in [1.807, 2.05) is 0 Å². The fourth-order valence-electron chi connectivity index (χ4n) is 1.36. The number of pyridine rings is 1. The van der Waals surface area contributed by atoms with Crippen LogP contribution in [-0.4, -0.2) is 4.98 Å². The molecule has 17 heavy (non-hydrogen) atoms. The molecular weight excluding hydrogens is 228 g/mol. The van der Waals surface area contributed by atoms with Crippen molar-refractivity contribution in [2.24, 2.45) is 0 Å². The molecule has 6 heteroatoms. The van der Waals surface area contributed by atoms with Crippen molar-refractivity contribution in [2.45, 2.75) is 13.5 Å². The summed E-state index contributed by atoms with van der Waals surface area (Å²) in [4.78, 5) is 3.57. The van der Waals surface area contributed by atoms with Crippen LogP contribution in [0.4, 0.5) is 20.4 Å². The Morgan fingerprint density at radius 1 is 1.35 bits per heavy atom. The monoisotopic (exact) mass is 239 g/mol. The molecular formula is C11H11F2N3O. The first kappa shape index (κ1) is 11.4. The SMILES string of the molecule is Cc1ccc(CNc2nc(N)c(F)cc2F)o1. The topological polar surface area (TPSA) is 64.1 Å². The fourth-order valence-corrected chi connectivity index (χ4v) is 1.36. The van der Waals surface area contributed by atoms with E-state index in [-0.39, 0.29) is 18.2 Å². The summed E-state index contributed by atoms with van der Waals surface area (Å²) in [5.74, 6) is -0.718. The summed E-state index contributed by atoms with van der Waals surface area (Å²) in [7, 11) is 0. The summed E-state index contributed by atoms with van der Waals surface area (Å²) >= 11 is 0. The van der Waals surface area contributed by atoms with E-state index in [0.29, 0.717) is 11.8 Å². The van der Waals surface area contributed by atoms with Crippen LogP contribution in [-0.2, 0) is 6.54 Å². The second kappa shape index (κ2) is 4.40. The third-order valence-electron chi connectivity index (χ3n) is 2.18. The number of furan rings is 1. The lowest BCUT2D eigenvalue weighted by Gasteiger charge is -2.06. The van der Waals surface area contributed by atoms with Gasteiger partial charge < -0.3 is 15.5 Å². The molecule has 0 aliphatic heterocycles. The summed E-state index contributed by atoms with van der Waals surface area (Å²) in [5.41, 5.74) is 5.25. The van der Waals surface area contributed by atoms with Crippen molar-refractivity contribution in [2.75, 3.05) is 11.1 Å². The number of nitrogens with two attached hydrogens (primary N) is 1. The van der Waals surface area contributed by atoms with Gasteiger partial charge in [0.15, 0.2) is 23.3 Å². The van der Waals surface area contributed by atoms with E-state index in [0.717, 1.165) is 5.76 Å². The molecule has 0 aromatic carbocycles. The van der Waals surface area contributed by atoms with Gasteiger partial charge in [0.05, 0.1) is 6.54 Å². The quantitative estimate of drug-likeness (QED) is 0.863. The normalized spacial score (nSPS) is 10.5. The Morgan fingerprint density at radius 2 is 2.12 bits per heavy atom. The molecule has 0 saturated heterocycles. The van der Waals surface area contributed by atoms with Crippen molar-refractivity contribution >= 4 is 11.6 Å². The van der Waals surface area contributed by atoms with Gasteiger partial charge in [-0.3, -0.25) is 0 Å². The average molecular weight is 239 g/mol. The fraction of sp³-hybridized carbons (Fsp3) is 0.182. The van der Waals surface area contributed by atoms with Crippen LogP contribution in [0.25, 0.3) is 0 Å². The summed E-state index contributed by atoms with van der Waals surface area (Å²) in [6.45, 7) is 2.06. The molecule has 90 valence electrons. The van der Waals surface area contributed by atoms with E-state index in [4.69, 9.17) is 10.2 Å². The lowest BCUT2D eigenvalue weighted by molar-refractivity contribution is 0.489. The molecule has 0 spiro atoms. The maximum Gasteiger partial charge on any atom is 0.168 e. The van der Waals surface area contributed by atoms with Gasteiger partial charge >= 0.3 is 0 Å². The maximum atomic E-state index is 13.3. The summed E-state index contributed by atoms with van der Waals surface area (Å²) in [6.07, 6.45) is 0. The van der Waals surface area contributed by atoms with Crippen molar-refractivity contribution in [3.8, 4) is 0 Å². The van der Waals surface area contributed by atoms with Crippen LogP contribution < -0.4 is 11.1 Å². The molecule has 4 nitrogen and oxygen atoms in total. The Balaban J connectivity index is 2.11. The second-order valence-electron chi connectivity index (χ2n) is 3.55. The lowest BCUT2D eigenvalue weighted by atomic mass is 10.4. The standard InChI is InChI=1S/C11H11F2N3O/c1-6-2-3-7(17-6)5-15-11-9(13)4-8(12)10(14)16-11/h2-4H,5H2,1H3,(H3,14,15,16). The van der Waals surface area contributed by atoms with Gasteiger partial charge in [-0.2, -0.15) is 0 Å². The molecule has 0 aliphatic carbocycles. The molecule has 0 unspecified atom stereocenters. The van der Waals surface area contributed by atoms with Crippen molar-refractivity contribution < 1.29 is 13.2 Å². The number of hydrogen-bond donors (Lipinski definition) is 2. The number of nitrogens with one attached hydrogen (secondary N) is 1. The minimum atomic E-state index is -0.873. The Kier molecular flexibility index (Phi) is 2.95. The molecule has 2 rings (SSSR count). The predicted molar refractivity (Wildman–Crippen MR) is 59.3 cm³/mol. The molecule has 0 bridgehead atoms. The van der Waals surface area contributed by atoms with Gasteiger partial charge in [0.1, 0.15) is 11.5 Å². The number of rotatable bonds is 3. The van der Waals surface area contributed by atoms with Crippen molar-refractivity contribution in [3.05, 3.63) is 41.4 Å². The predicted octanol–water partition coefficient (Wildman–Crippen LogP) is 2.46. The number of nitrogen functional groups attached to an aromatic ring is 1. The van der Waals surface area contributed by atoms with Crippen LogP contribution in [0.1, 0.15) is 11.5 Å². The Hall–Kier alpha value is -2.11. The van der Waals surface area contributed by atoms with Crippen LogP contribution in [0.2, 0.25) is 0 Å².